The summed E-state index contributed by atoms with van der Waals surface area (Å²) in [7, 11) is 0. The smallest absolute Gasteiger partial charge is 0.0701 e. The first-order chi connectivity index (χ1) is 8.70. The number of thiophene rings is 1. The maximum Gasteiger partial charge on any atom is 0.0701 e. The Hall–Kier alpha value is 0.140. The molecule has 0 radical (unpaired) electrons. The fourth-order valence-electron chi connectivity index (χ4n) is 3.15. The number of rotatable bonds is 6. The van der Waals surface area contributed by atoms with E-state index < -0.39 is 0 Å². The van der Waals surface area contributed by atoms with Crippen molar-refractivity contribution in [3.05, 3.63) is 20.8 Å². The van der Waals surface area contributed by atoms with Gasteiger partial charge in [-0.15, -0.1) is 11.3 Å². The fourth-order valence-corrected chi connectivity index (χ4v) is 4.70. The third-order valence-corrected chi connectivity index (χ3v) is 5.80. The lowest BCUT2D eigenvalue weighted by Crippen LogP contribution is -2.39. The summed E-state index contributed by atoms with van der Waals surface area (Å²) in [6, 6.07) is 5.12. The molecular formula is C15H24BrNS. The Labute approximate surface area is 123 Å². The summed E-state index contributed by atoms with van der Waals surface area (Å²) in [5.74, 6) is 1.76. The molecule has 0 spiro atoms. The van der Waals surface area contributed by atoms with Gasteiger partial charge in [0.15, 0.2) is 0 Å². The summed E-state index contributed by atoms with van der Waals surface area (Å²) < 4.78 is 1.26. The molecule has 1 aromatic rings. The van der Waals surface area contributed by atoms with E-state index in [1.165, 1.54) is 40.8 Å². The number of halogens is 1. The van der Waals surface area contributed by atoms with Gasteiger partial charge in [-0.3, -0.25) is 0 Å². The molecule has 3 atom stereocenters. The van der Waals surface area contributed by atoms with E-state index >= 15 is 0 Å². The van der Waals surface area contributed by atoms with Crippen molar-refractivity contribution in [2.24, 2.45) is 11.8 Å². The lowest BCUT2D eigenvalue weighted by molar-refractivity contribution is 0.296. The first kappa shape index (κ1) is 14.5. The number of nitrogens with one attached hydrogen (secondary N) is 1. The van der Waals surface area contributed by atoms with Crippen LogP contribution in [0.1, 0.15) is 44.4 Å². The fraction of sp³-hybridized carbons (Fsp3) is 0.733. The topological polar surface area (TPSA) is 12.0 Å². The van der Waals surface area contributed by atoms with Crippen LogP contribution >= 0.6 is 27.3 Å². The molecule has 0 bridgehead atoms. The summed E-state index contributed by atoms with van der Waals surface area (Å²) in [6.07, 6.45) is 6.68. The Morgan fingerprint density at radius 2 is 2.28 bits per heavy atom. The van der Waals surface area contributed by atoms with Crippen molar-refractivity contribution >= 4 is 27.3 Å². The van der Waals surface area contributed by atoms with Crippen LogP contribution in [0, 0.1) is 11.8 Å². The normalized spacial score (nSPS) is 25.5. The highest BCUT2D eigenvalue weighted by Gasteiger charge is 2.30. The zero-order chi connectivity index (χ0) is 13.0. The second-order valence-corrected chi connectivity index (χ2v) is 8.09. The Balaban J connectivity index is 2.00. The lowest BCUT2D eigenvalue weighted by Gasteiger charge is -2.27. The highest BCUT2D eigenvalue weighted by molar-refractivity contribution is 9.11. The molecule has 1 aromatic heterocycles. The molecule has 1 aliphatic carbocycles. The van der Waals surface area contributed by atoms with Crippen LogP contribution in [-0.4, -0.2) is 12.6 Å². The largest absolute Gasteiger partial charge is 0.313 e. The van der Waals surface area contributed by atoms with Gasteiger partial charge in [-0.1, -0.05) is 26.7 Å². The van der Waals surface area contributed by atoms with E-state index in [4.69, 9.17) is 0 Å². The van der Waals surface area contributed by atoms with E-state index in [0.29, 0.717) is 6.04 Å². The van der Waals surface area contributed by atoms with E-state index in [1.807, 2.05) is 11.3 Å². The highest BCUT2D eigenvalue weighted by Crippen LogP contribution is 2.35. The molecule has 1 saturated carbocycles. The van der Waals surface area contributed by atoms with Crippen molar-refractivity contribution in [2.75, 3.05) is 6.54 Å². The Bertz CT molecular complexity index is 363. The van der Waals surface area contributed by atoms with Crippen molar-refractivity contribution < 1.29 is 0 Å². The highest BCUT2D eigenvalue weighted by atomic mass is 79.9. The second kappa shape index (κ2) is 7.06. The minimum Gasteiger partial charge on any atom is -0.313 e. The van der Waals surface area contributed by atoms with Crippen LogP contribution in [0.3, 0.4) is 0 Å². The van der Waals surface area contributed by atoms with Crippen molar-refractivity contribution in [1.82, 2.24) is 5.32 Å². The zero-order valence-electron chi connectivity index (χ0n) is 11.4. The monoisotopic (exact) mass is 329 g/mol. The molecule has 2 rings (SSSR count). The predicted octanol–water partition coefficient (Wildman–Crippen LogP) is 4.86. The van der Waals surface area contributed by atoms with Crippen LogP contribution in [0.5, 0.6) is 0 Å². The molecule has 1 fully saturated rings. The van der Waals surface area contributed by atoms with Crippen molar-refractivity contribution in [1.29, 1.82) is 0 Å². The van der Waals surface area contributed by atoms with Crippen LogP contribution in [0.2, 0.25) is 0 Å². The van der Waals surface area contributed by atoms with E-state index in [-0.39, 0.29) is 0 Å². The van der Waals surface area contributed by atoms with Crippen molar-refractivity contribution in [2.45, 2.75) is 52.0 Å². The van der Waals surface area contributed by atoms with Gasteiger partial charge in [0, 0.05) is 10.9 Å². The molecule has 0 aliphatic heterocycles. The zero-order valence-corrected chi connectivity index (χ0v) is 13.8. The molecule has 18 heavy (non-hydrogen) atoms. The number of hydrogen-bond donors (Lipinski definition) is 1. The molecular weight excluding hydrogens is 306 g/mol. The van der Waals surface area contributed by atoms with Crippen LogP contribution < -0.4 is 5.32 Å². The molecule has 3 unspecified atom stereocenters. The Kier molecular flexibility index (Phi) is 5.71. The third kappa shape index (κ3) is 3.82. The molecule has 0 aromatic carbocycles. The third-order valence-electron chi connectivity index (χ3n) is 4.15. The predicted molar refractivity (Wildman–Crippen MR) is 84.3 cm³/mol. The van der Waals surface area contributed by atoms with Gasteiger partial charge < -0.3 is 5.32 Å². The van der Waals surface area contributed by atoms with Crippen molar-refractivity contribution in [3.8, 4) is 0 Å². The maximum absolute atomic E-state index is 3.79. The summed E-state index contributed by atoms with van der Waals surface area (Å²) in [4.78, 5) is 1.51. The van der Waals surface area contributed by atoms with E-state index in [9.17, 15) is 0 Å². The summed E-state index contributed by atoms with van der Waals surface area (Å²) in [6.45, 7) is 5.84. The lowest BCUT2D eigenvalue weighted by atomic mass is 9.88. The van der Waals surface area contributed by atoms with Crippen LogP contribution in [0.15, 0.2) is 15.9 Å². The van der Waals surface area contributed by atoms with Gasteiger partial charge in [0.05, 0.1) is 3.79 Å². The Morgan fingerprint density at radius 1 is 1.44 bits per heavy atom. The average Bonchev–Trinajstić information content (AvgIpc) is 2.93. The second-order valence-electron chi connectivity index (χ2n) is 5.54. The van der Waals surface area contributed by atoms with Gasteiger partial charge in [-0.05, 0) is 65.7 Å². The van der Waals surface area contributed by atoms with Crippen LogP contribution in [-0.2, 0) is 6.42 Å². The minimum absolute atomic E-state index is 0.674. The number of hydrogen-bond acceptors (Lipinski definition) is 2. The van der Waals surface area contributed by atoms with Gasteiger partial charge in [0.25, 0.3) is 0 Å². The standard InChI is InChI=1S/C15H24BrNS/c1-3-9-17-14(13-6-4-5-11(13)2)10-12-7-8-15(16)18-12/h7-8,11,13-14,17H,3-6,9-10H2,1-2H3. The Morgan fingerprint density at radius 3 is 2.83 bits per heavy atom. The van der Waals surface area contributed by atoms with E-state index in [1.54, 1.807) is 0 Å². The SMILES string of the molecule is CCCNC(Cc1ccc(Br)s1)C1CCCC1C. The molecule has 1 nitrogen and oxygen atoms in total. The molecule has 1 heterocycles. The van der Waals surface area contributed by atoms with Crippen LogP contribution in [0.4, 0.5) is 0 Å². The summed E-state index contributed by atoms with van der Waals surface area (Å²) >= 11 is 5.45. The van der Waals surface area contributed by atoms with E-state index in [0.717, 1.165) is 18.4 Å². The molecule has 0 amide bonds. The maximum atomic E-state index is 3.79. The van der Waals surface area contributed by atoms with E-state index in [2.05, 4.69) is 47.2 Å². The van der Waals surface area contributed by atoms with Gasteiger partial charge >= 0.3 is 0 Å². The molecule has 1 aliphatic rings. The molecule has 0 saturated heterocycles. The minimum atomic E-state index is 0.674. The first-order valence-electron chi connectivity index (χ1n) is 7.18. The summed E-state index contributed by atoms with van der Waals surface area (Å²) in [5, 5.41) is 3.79. The first-order valence-corrected chi connectivity index (χ1v) is 8.79. The summed E-state index contributed by atoms with van der Waals surface area (Å²) in [5.41, 5.74) is 0. The van der Waals surface area contributed by atoms with Gasteiger partial charge in [-0.2, -0.15) is 0 Å². The molecule has 102 valence electrons. The van der Waals surface area contributed by atoms with Gasteiger partial charge in [0.2, 0.25) is 0 Å². The molecule has 1 N–H and O–H groups in total. The average molecular weight is 330 g/mol. The van der Waals surface area contributed by atoms with Gasteiger partial charge in [0.1, 0.15) is 0 Å². The van der Waals surface area contributed by atoms with Crippen molar-refractivity contribution in [3.63, 3.8) is 0 Å². The quantitative estimate of drug-likeness (QED) is 0.786. The molecule has 3 heteroatoms. The van der Waals surface area contributed by atoms with Crippen LogP contribution in [0.25, 0.3) is 0 Å². The van der Waals surface area contributed by atoms with Gasteiger partial charge in [-0.25, -0.2) is 0 Å².